The van der Waals surface area contributed by atoms with Gasteiger partial charge in [0, 0.05) is 7.05 Å². The number of amides is 1. The summed E-state index contributed by atoms with van der Waals surface area (Å²) in [6, 6.07) is -0.579. The first-order chi connectivity index (χ1) is 8.43. The Morgan fingerprint density at radius 2 is 2.39 bits per heavy atom. The maximum Gasteiger partial charge on any atom is 0.313 e. The zero-order valence-electron chi connectivity index (χ0n) is 10.1. The molecule has 2 heterocycles. The highest BCUT2D eigenvalue weighted by molar-refractivity contribution is 5.92. The lowest BCUT2D eigenvalue weighted by atomic mass is 9.85. The first kappa shape index (κ1) is 12.5. The molecule has 2 unspecified atom stereocenters. The van der Waals surface area contributed by atoms with Crippen LogP contribution >= 0.6 is 0 Å². The van der Waals surface area contributed by atoms with Crippen molar-refractivity contribution in [2.45, 2.75) is 13.0 Å². The summed E-state index contributed by atoms with van der Waals surface area (Å²) >= 11 is 0. The molecule has 1 aromatic heterocycles. The Morgan fingerprint density at radius 3 is 2.94 bits per heavy atom. The Labute approximate surface area is 103 Å². The zero-order chi connectivity index (χ0) is 13.3. The molecular weight excluding hydrogens is 240 g/mol. The standard InChI is InChI=1S/C10H14N4O4/c1-10(9(16)17)5-18-4-7(10)12-8(15)6-3-11-14(2)13-6/h3,7H,4-5H2,1-2H3,(H,12,15)(H,16,17). The van der Waals surface area contributed by atoms with Gasteiger partial charge in [-0.15, -0.1) is 5.10 Å². The fraction of sp³-hybridized carbons (Fsp3) is 0.600. The monoisotopic (exact) mass is 254 g/mol. The van der Waals surface area contributed by atoms with Gasteiger partial charge in [0.15, 0.2) is 5.69 Å². The van der Waals surface area contributed by atoms with E-state index in [-0.39, 0.29) is 18.9 Å². The van der Waals surface area contributed by atoms with E-state index in [9.17, 15) is 9.59 Å². The topological polar surface area (TPSA) is 106 Å². The molecule has 0 aliphatic carbocycles. The van der Waals surface area contributed by atoms with Crippen molar-refractivity contribution in [2.75, 3.05) is 13.2 Å². The predicted octanol–water partition coefficient (Wildman–Crippen LogP) is -0.965. The minimum Gasteiger partial charge on any atom is -0.481 e. The van der Waals surface area contributed by atoms with Gasteiger partial charge in [0.1, 0.15) is 5.41 Å². The van der Waals surface area contributed by atoms with Gasteiger partial charge in [-0.05, 0) is 6.92 Å². The Kier molecular flexibility index (Phi) is 3.04. The molecule has 8 heteroatoms. The highest BCUT2D eigenvalue weighted by atomic mass is 16.5. The summed E-state index contributed by atoms with van der Waals surface area (Å²) < 4.78 is 5.14. The normalized spacial score (nSPS) is 27.1. The Balaban J connectivity index is 2.10. The average Bonchev–Trinajstić information content (AvgIpc) is 2.87. The van der Waals surface area contributed by atoms with Gasteiger partial charge in [0.2, 0.25) is 0 Å². The second-order valence-electron chi connectivity index (χ2n) is 4.48. The first-order valence-electron chi connectivity index (χ1n) is 5.42. The highest BCUT2D eigenvalue weighted by Crippen LogP contribution is 2.28. The molecule has 0 radical (unpaired) electrons. The third-order valence-corrected chi connectivity index (χ3v) is 3.08. The van der Waals surface area contributed by atoms with E-state index in [1.54, 1.807) is 14.0 Å². The number of ether oxygens (including phenoxy) is 1. The summed E-state index contributed by atoms with van der Waals surface area (Å²) in [6.07, 6.45) is 1.32. The van der Waals surface area contributed by atoms with E-state index in [0.717, 1.165) is 0 Å². The smallest absolute Gasteiger partial charge is 0.313 e. The van der Waals surface area contributed by atoms with Crippen molar-refractivity contribution in [3.63, 3.8) is 0 Å². The van der Waals surface area contributed by atoms with Gasteiger partial charge in [-0.1, -0.05) is 0 Å². The Hall–Kier alpha value is -1.96. The molecular formula is C10H14N4O4. The summed E-state index contributed by atoms with van der Waals surface area (Å²) in [5, 5.41) is 19.4. The van der Waals surface area contributed by atoms with Crippen LogP contribution in [0.5, 0.6) is 0 Å². The third-order valence-electron chi connectivity index (χ3n) is 3.08. The molecule has 18 heavy (non-hydrogen) atoms. The first-order valence-corrected chi connectivity index (χ1v) is 5.42. The number of carboxylic acid groups (broad SMARTS) is 1. The van der Waals surface area contributed by atoms with Crippen LogP contribution < -0.4 is 5.32 Å². The van der Waals surface area contributed by atoms with Crippen molar-refractivity contribution in [3.8, 4) is 0 Å². The minimum absolute atomic E-state index is 0.0771. The highest BCUT2D eigenvalue weighted by Gasteiger charge is 2.47. The van der Waals surface area contributed by atoms with Gasteiger partial charge in [-0.2, -0.15) is 9.90 Å². The number of aromatic nitrogens is 3. The van der Waals surface area contributed by atoms with Crippen LogP contribution in [0.15, 0.2) is 6.20 Å². The van der Waals surface area contributed by atoms with Crippen LogP contribution in [0.25, 0.3) is 0 Å². The van der Waals surface area contributed by atoms with Crippen molar-refractivity contribution in [3.05, 3.63) is 11.9 Å². The number of aliphatic carboxylic acids is 1. The Morgan fingerprint density at radius 1 is 1.67 bits per heavy atom. The molecule has 8 nitrogen and oxygen atoms in total. The molecule has 0 bridgehead atoms. The number of carboxylic acids is 1. The maximum absolute atomic E-state index is 11.8. The van der Waals surface area contributed by atoms with Gasteiger partial charge < -0.3 is 15.2 Å². The lowest BCUT2D eigenvalue weighted by Gasteiger charge is -2.24. The molecule has 1 aromatic rings. The van der Waals surface area contributed by atoms with E-state index < -0.39 is 23.3 Å². The van der Waals surface area contributed by atoms with Crippen LogP contribution in [-0.2, 0) is 16.6 Å². The van der Waals surface area contributed by atoms with Crippen LogP contribution in [0, 0.1) is 5.41 Å². The molecule has 2 rings (SSSR count). The minimum atomic E-state index is -1.11. The molecule has 0 saturated carbocycles. The number of aryl methyl sites for hydroxylation is 1. The second-order valence-corrected chi connectivity index (χ2v) is 4.48. The molecule has 0 spiro atoms. The summed E-state index contributed by atoms with van der Waals surface area (Å²) in [5.41, 5.74) is -0.963. The van der Waals surface area contributed by atoms with Gasteiger partial charge in [-0.3, -0.25) is 9.59 Å². The lowest BCUT2D eigenvalue weighted by molar-refractivity contribution is -0.148. The summed E-state index contributed by atoms with van der Waals surface area (Å²) in [5.74, 6) is -1.45. The molecule has 0 aromatic carbocycles. The van der Waals surface area contributed by atoms with Crippen LogP contribution in [0.1, 0.15) is 17.4 Å². The fourth-order valence-electron chi connectivity index (χ4n) is 1.77. The van der Waals surface area contributed by atoms with Crippen molar-refractivity contribution in [1.82, 2.24) is 20.3 Å². The number of carbonyl (C=O) groups is 2. The van der Waals surface area contributed by atoms with E-state index in [1.807, 2.05) is 0 Å². The van der Waals surface area contributed by atoms with Gasteiger partial charge in [0.25, 0.3) is 5.91 Å². The van der Waals surface area contributed by atoms with E-state index in [4.69, 9.17) is 9.84 Å². The maximum atomic E-state index is 11.8. The molecule has 98 valence electrons. The molecule has 1 amide bonds. The predicted molar refractivity (Wildman–Crippen MR) is 58.8 cm³/mol. The number of carbonyl (C=O) groups excluding carboxylic acids is 1. The zero-order valence-corrected chi connectivity index (χ0v) is 10.1. The van der Waals surface area contributed by atoms with E-state index >= 15 is 0 Å². The quantitative estimate of drug-likeness (QED) is 0.719. The van der Waals surface area contributed by atoms with E-state index in [0.29, 0.717) is 0 Å². The fourth-order valence-corrected chi connectivity index (χ4v) is 1.77. The van der Waals surface area contributed by atoms with Crippen molar-refractivity contribution in [2.24, 2.45) is 12.5 Å². The van der Waals surface area contributed by atoms with Gasteiger partial charge in [0.05, 0.1) is 25.5 Å². The number of hydrogen-bond acceptors (Lipinski definition) is 5. The molecule has 1 saturated heterocycles. The summed E-state index contributed by atoms with van der Waals surface area (Å²) in [6.45, 7) is 1.80. The lowest BCUT2D eigenvalue weighted by Crippen LogP contribution is -2.49. The third kappa shape index (κ3) is 2.06. The van der Waals surface area contributed by atoms with Crippen LogP contribution in [0.3, 0.4) is 0 Å². The molecule has 1 aliphatic rings. The number of nitrogens with zero attached hydrogens (tertiary/aromatic N) is 3. The average molecular weight is 254 g/mol. The molecule has 1 fully saturated rings. The SMILES string of the molecule is Cn1ncc(C(=O)NC2COCC2(C)C(=O)O)n1. The van der Waals surface area contributed by atoms with Crippen molar-refractivity contribution in [1.29, 1.82) is 0 Å². The largest absolute Gasteiger partial charge is 0.481 e. The van der Waals surface area contributed by atoms with E-state index in [2.05, 4.69) is 15.5 Å². The van der Waals surface area contributed by atoms with Crippen LogP contribution in [-0.4, -0.2) is 51.2 Å². The van der Waals surface area contributed by atoms with Crippen molar-refractivity contribution >= 4 is 11.9 Å². The second kappa shape index (κ2) is 4.37. The molecule has 1 aliphatic heterocycles. The van der Waals surface area contributed by atoms with Crippen LogP contribution in [0.4, 0.5) is 0 Å². The van der Waals surface area contributed by atoms with Gasteiger partial charge >= 0.3 is 5.97 Å². The molecule has 2 atom stereocenters. The number of rotatable bonds is 3. The van der Waals surface area contributed by atoms with E-state index in [1.165, 1.54) is 11.0 Å². The molecule has 2 N–H and O–H groups in total. The van der Waals surface area contributed by atoms with Crippen LogP contribution in [0.2, 0.25) is 0 Å². The summed E-state index contributed by atoms with van der Waals surface area (Å²) in [7, 11) is 1.59. The Bertz CT molecular complexity index is 486. The summed E-state index contributed by atoms with van der Waals surface area (Å²) in [4.78, 5) is 24.3. The number of nitrogens with one attached hydrogen (secondary N) is 1. The van der Waals surface area contributed by atoms with Gasteiger partial charge in [-0.25, -0.2) is 0 Å². The number of hydrogen-bond donors (Lipinski definition) is 2. The van der Waals surface area contributed by atoms with Crippen molar-refractivity contribution < 1.29 is 19.4 Å².